The van der Waals surface area contributed by atoms with Gasteiger partial charge in [0, 0.05) is 35.1 Å². The minimum atomic E-state index is -1.12. The standard InChI is InChI=1S/C21H25N3O5/c1-21(2,22)18(20(28)24-29)23-19(27)14-9-7-13(8-10-14)5-3-4-6-15-11-17(26)16(15)12-25/h7-10,15-18,25-26,29H,11-12,22H2,1-2H3,(H,23,27)(H,24,28)/t15?,16-,17+,18+/m0/s1. The van der Waals surface area contributed by atoms with Crippen LogP contribution in [0, 0.1) is 35.5 Å². The van der Waals surface area contributed by atoms with Crippen molar-refractivity contribution in [1.29, 1.82) is 0 Å². The molecular formula is C21H25N3O5. The Morgan fingerprint density at radius 1 is 1.28 bits per heavy atom. The second kappa shape index (κ2) is 9.55. The second-order valence-corrected chi connectivity index (χ2v) is 7.56. The highest BCUT2D eigenvalue weighted by Crippen LogP contribution is 2.33. The van der Waals surface area contributed by atoms with E-state index < -0.39 is 29.5 Å². The number of aliphatic hydroxyl groups is 2. The van der Waals surface area contributed by atoms with Crippen LogP contribution in [0.1, 0.15) is 36.2 Å². The van der Waals surface area contributed by atoms with Gasteiger partial charge in [-0.2, -0.15) is 0 Å². The molecule has 0 radical (unpaired) electrons. The molecule has 0 aromatic heterocycles. The van der Waals surface area contributed by atoms with Crippen LogP contribution in [0.2, 0.25) is 0 Å². The Hall–Kier alpha value is -2.88. The van der Waals surface area contributed by atoms with E-state index in [2.05, 4.69) is 29.0 Å². The highest BCUT2D eigenvalue weighted by atomic mass is 16.5. The van der Waals surface area contributed by atoms with Crippen LogP contribution in [-0.4, -0.2) is 51.5 Å². The molecule has 8 heteroatoms. The predicted octanol–water partition coefficient (Wildman–Crippen LogP) is -0.628. The first kappa shape index (κ1) is 22.4. The summed E-state index contributed by atoms with van der Waals surface area (Å²) in [7, 11) is 0. The van der Waals surface area contributed by atoms with Crippen LogP contribution < -0.4 is 16.5 Å². The molecule has 1 saturated carbocycles. The number of aliphatic hydroxyl groups excluding tert-OH is 2. The van der Waals surface area contributed by atoms with Gasteiger partial charge in [0.1, 0.15) is 6.04 Å². The number of hydroxylamine groups is 1. The number of hydrogen-bond acceptors (Lipinski definition) is 6. The molecule has 1 unspecified atom stereocenters. The van der Waals surface area contributed by atoms with Gasteiger partial charge in [-0.05, 0) is 56.4 Å². The molecule has 1 fully saturated rings. The minimum Gasteiger partial charge on any atom is -0.396 e. The van der Waals surface area contributed by atoms with Crippen LogP contribution in [0.5, 0.6) is 0 Å². The lowest BCUT2D eigenvalue weighted by atomic mass is 9.72. The number of hydrogen-bond donors (Lipinski definition) is 6. The van der Waals surface area contributed by atoms with E-state index in [0.717, 1.165) is 0 Å². The van der Waals surface area contributed by atoms with Crippen LogP contribution in [0.4, 0.5) is 0 Å². The molecule has 1 aliphatic carbocycles. The maximum absolute atomic E-state index is 12.4. The van der Waals surface area contributed by atoms with Crippen molar-refractivity contribution in [2.45, 2.75) is 38.0 Å². The number of benzene rings is 1. The summed E-state index contributed by atoms with van der Waals surface area (Å²) in [5.74, 6) is 9.62. The average molecular weight is 399 g/mol. The molecule has 7 N–H and O–H groups in total. The molecule has 8 nitrogen and oxygen atoms in total. The van der Waals surface area contributed by atoms with E-state index in [0.29, 0.717) is 17.5 Å². The molecule has 29 heavy (non-hydrogen) atoms. The van der Waals surface area contributed by atoms with Gasteiger partial charge >= 0.3 is 0 Å². The van der Waals surface area contributed by atoms with Crippen molar-refractivity contribution in [1.82, 2.24) is 10.8 Å². The summed E-state index contributed by atoms with van der Waals surface area (Å²) < 4.78 is 0. The highest BCUT2D eigenvalue weighted by Gasteiger charge is 2.38. The molecular weight excluding hydrogens is 374 g/mol. The number of carbonyl (C=O) groups excluding carboxylic acids is 2. The normalized spacial score (nSPS) is 21.4. The van der Waals surface area contributed by atoms with Crippen LogP contribution in [-0.2, 0) is 4.79 Å². The average Bonchev–Trinajstić information content (AvgIpc) is 2.67. The monoisotopic (exact) mass is 399 g/mol. The second-order valence-electron chi connectivity index (χ2n) is 7.56. The summed E-state index contributed by atoms with van der Waals surface area (Å²) in [4.78, 5) is 24.1. The van der Waals surface area contributed by atoms with Gasteiger partial charge in [0.15, 0.2) is 0 Å². The van der Waals surface area contributed by atoms with Gasteiger partial charge in [0.25, 0.3) is 11.8 Å². The summed E-state index contributed by atoms with van der Waals surface area (Å²) in [6.07, 6.45) is 0.0392. The number of amides is 2. The lowest BCUT2D eigenvalue weighted by Crippen LogP contribution is -2.61. The summed E-state index contributed by atoms with van der Waals surface area (Å²) in [5.41, 5.74) is 7.25. The number of nitrogens with two attached hydrogens (primary N) is 1. The Labute approximate surface area is 169 Å². The molecule has 4 atom stereocenters. The molecule has 1 aliphatic rings. The molecule has 0 heterocycles. The van der Waals surface area contributed by atoms with Gasteiger partial charge in [-0.1, -0.05) is 11.8 Å². The van der Waals surface area contributed by atoms with Gasteiger partial charge in [-0.15, -0.1) is 0 Å². The van der Waals surface area contributed by atoms with Crippen molar-refractivity contribution in [2.24, 2.45) is 17.6 Å². The number of nitrogens with one attached hydrogen (secondary N) is 2. The van der Waals surface area contributed by atoms with E-state index in [1.807, 2.05) is 0 Å². The zero-order valence-electron chi connectivity index (χ0n) is 16.3. The van der Waals surface area contributed by atoms with Gasteiger partial charge in [0.2, 0.25) is 0 Å². The third-order valence-corrected chi connectivity index (χ3v) is 4.78. The van der Waals surface area contributed by atoms with Crippen LogP contribution >= 0.6 is 0 Å². The fraction of sp³-hybridized carbons (Fsp3) is 0.429. The maximum atomic E-state index is 12.4. The van der Waals surface area contributed by atoms with E-state index in [1.165, 1.54) is 5.48 Å². The summed E-state index contributed by atoms with van der Waals surface area (Å²) in [6.45, 7) is 3.01. The summed E-state index contributed by atoms with van der Waals surface area (Å²) >= 11 is 0. The Morgan fingerprint density at radius 2 is 1.93 bits per heavy atom. The highest BCUT2D eigenvalue weighted by molar-refractivity contribution is 5.97. The first-order valence-corrected chi connectivity index (χ1v) is 9.11. The molecule has 0 spiro atoms. The first-order chi connectivity index (χ1) is 13.7. The van der Waals surface area contributed by atoms with Crippen molar-refractivity contribution in [3.8, 4) is 23.7 Å². The van der Waals surface area contributed by atoms with Gasteiger partial charge in [-0.3, -0.25) is 14.8 Å². The topological polar surface area (TPSA) is 145 Å². The largest absolute Gasteiger partial charge is 0.396 e. The predicted molar refractivity (Wildman–Crippen MR) is 105 cm³/mol. The molecule has 0 aliphatic heterocycles. The zero-order valence-corrected chi connectivity index (χ0v) is 16.3. The van der Waals surface area contributed by atoms with Crippen molar-refractivity contribution in [2.75, 3.05) is 6.61 Å². The van der Waals surface area contributed by atoms with E-state index in [1.54, 1.807) is 38.1 Å². The molecule has 1 aromatic rings. The minimum absolute atomic E-state index is 0.0498. The van der Waals surface area contributed by atoms with Crippen LogP contribution in [0.15, 0.2) is 24.3 Å². The van der Waals surface area contributed by atoms with E-state index in [-0.39, 0.29) is 18.4 Å². The SMILES string of the molecule is CC(C)(N)[C@H](NC(=O)c1ccc(C#CC#CC2C[C@@H](O)[C@H]2CO)cc1)C(=O)NO. The lowest BCUT2D eigenvalue weighted by Gasteiger charge is -2.37. The van der Waals surface area contributed by atoms with Gasteiger partial charge in [-0.25, -0.2) is 5.48 Å². The smallest absolute Gasteiger partial charge is 0.267 e. The lowest BCUT2D eigenvalue weighted by molar-refractivity contribution is -0.132. The maximum Gasteiger partial charge on any atom is 0.267 e. The Balaban J connectivity index is 2.00. The Morgan fingerprint density at radius 3 is 2.45 bits per heavy atom. The molecule has 0 saturated heterocycles. The third kappa shape index (κ3) is 5.80. The van der Waals surface area contributed by atoms with Crippen molar-refractivity contribution in [3.63, 3.8) is 0 Å². The number of carbonyl (C=O) groups is 2. The molecule has 1 aromatic carbocycles. The Kier molecular flexibility index (Phi) is 7.38. The summed E-state index contributed by atoms with van der Waals surface area (Å²) in [5, 5.41) is 30.0. The van der Waals surface area contributed by atoms with Crippen molar-refractivity contribution in [3.05, 3.63) is 35.4 Å². The molecule has 0 bridgehead atoms. The molecule has 2 rings (SSSR count). The van der Waals surface area contributed by atoms with Gasteiger partial charge in [0.05, 0.1) is 6.10 Å². The van der Waals surface area contributed by atoms with E-state index >= 15 is 0 Å². The number of rotatable bonds is 5. The third-order valence-electron chi connectivity index (χ3n) is 4.78. The molecule has 154 valence electrons. The first-order valence-electron chi connectivity index (χ1n) is 9.11. The fourth-order valence-corrected chi connectivity index (χ4v) is 2.90. The molecule has 2 amide bonds. The van der Waals surface area contributed by atoms with Crippen LogP contribution in [0.3, 0.4) is 0 Å². The zero-order chi connectivity index (χ0) is 21.6. The Bertz CT molecular complexity index is 868. The van der Waals surface area contributed by atoms with Crippen molar-refractivity contribution >= 4 is 11.8 Å². The van der Waals surface area contributed by atoms with E-state index in [9.17, 15) is 14.7 Å². The van der Waals surface area contributed by atoms with Crippen molar-refractivity contribution < 1.29 is 25.0 Å². The summed E-state index contributed by atoms with van der Waals surface area (Å²) in [6, 6.07) is 5.26. The fourth-order valence-electron chi connectivity index (χ4n) is 2.90. The quantitative estimate of drug-likeness (QED) is 0.221. The van der Waals surface area contributed by atoms with Gasteiger partial charge < -0.3 is 21.3 Å². The van der Waals surface area contributed by atoms with Crippen LogP contribution in [0.25, 0.3) is 0 Å². The van der Waals surface area contributed by atoms with E-state index in [4.69, 9.17) is 16.0 Å².